The molecule has 1 aliphatic heterocycles. The standard InChI is InChI=1S/C24H27N3O3S/c1-16-8-5-6-13-25(16)20(28)15-27-23-21(18-11-7-12-19(18)31-23)22(29)26(24(27)30)14-17-9-3-2-4-10-17/h2-4,9-10,16H,5-8,11-15H2,1H3/t16-/m1/s1. The average Bonchev–Trinajstić information content (AvgIpc) is 3.36. The number of piperidine rings is 1. The van der Waals surface area contributed by atoms with Crippen molar-refractivity contribution in [2.45, 2.75) is 64.6 Å². The minimum Gasteiger partial charge on any atom is -0.338 e. The molecule has 3 aromatic rings. The van der Waals surface area contributed by atoms with E-state index in [0.29, 0.717) is 10.2 Å². The number of aryl methyl sites for hydroxylation is 2. The van der Waals surface area contributed by atoms with Crippen LogP contribution in [-0.2, 0) is 30.7 Å². The van der Waals surface area contributed by atoms with Gasteiger partial charge in [0.2, 0.25) is 5.91 Å². The highest BCUT2D eigenvalue weighted by Gasteiger charge is 2.28. The maximum Gasteiger partial charge on any atom is 0.332 e. The molecule has 3 heterocycles. The zero-order chi connectivity index (χ0) is 21.5. The molecule has 0 N–H and O–H groups in total. The molecule has 0 unspecified atom stereocenters. The number of thiophene rings is 1. The van der Waals surface area contributed by atoms with Crippen LogP contribution in [0.25, 0.3) is 10.2 Å². The van der Waals surface area contributed by atoms with Crippen molar-refractivity contribution < 1.29 is 4.79 Å². The van der Waals surface area contributed by atoms with Gasteiger partial charge in [-0.25, -0.2) is 4.79 Å². The molecule has 1 amide bonds. The molecular weight excluding hydrogens is 410 g/mol. The molecule has 1 saturated heterocycles. The van der Waals surface area contributed by atoms with E-state index in [1.807, 2.05) is 35.2 Å². The zero-order valence-electron chi connectivity index (χ0n) is 17.8. The zero-order valence-corrected chi connectivity index (χ0v) is 18.6. The van der Waals surface area contributed by atoms with Gasteiger partial charge < -0.3 is 4.90 Å². The summed E-state index contributed by atoms with van der Waals surface area (Å²) in [6.45, 7) is 3.02. The number of carbonyl (C=O) groups excluding carboxylic acids is 1. The Labute approximate surface area is 184 Å². The van der Waals surface area contributed by atoms with Crippen molar-refractivity contribution in [3.63, 3.8) is 0 Å². The Kier molecular flexibility index (Phi) is 5.30. The van der Waals surface area contributed by atoms with Crippen LogP contribution in [0.4, 0.5) is 0 Å². The van der Waals surface area contributed by atoms with Gasteiger partial charge in [0.05, 0.1) is 11.9 Å². The highest BCUT2D eigenvalue weighted by Crippen LogP contribution is 2.35. The summed E-state index contributed by atoms with van der Waals surface area (Å²) in [5, 5.41) is 0.646. The quantitative estimate of drug-likeness (QED) is 0.630. The Balaban J connectivity index is 1.63. The summed E-state index contributed by atoms with van der Waals surface area (Å²) in [7, 11) is 0. The molecule has 0 bridgehead atoms. The summed E-state index contributed by atoms with van der Waals surface area (Å²) in [6.07, 6.45) is 5.98. The average molecular weight is 438 g/mol. The van der Waals surface area contributed by atoms with E-state index in [0.717, 1.165) is 56.2 Å². The molecule has 2 aliphatic rings. The van der Waals surface area contributed by atoms with Gasteiger partial charge in [-0.05, 0) is 56.6 Å². The monoisotopic (exact) mass is 437 g/mol. The number of hydrogen-bond donors (Lipinski definition) is 0. The van der Waals surface area contributed by atoms with Crippen LogP contribution in [0.15, 0.2) is 39.9 Å². The fourth-order valence-corrected chi connectivity index (χ4v) is 6.37. The lowest BCUT2D eigenvalue weighted by Gasteiger charge is -2.33. The number of fused-ring (bicyclic) bond motifs is 3. The van der Waals surface area contributed by atoms with E-state index >= 15 is 0 Å². The van der Waals surface area contributed by atoms with Crippen LogP contribution in [0.2, 0.25) is 0 Å². The third kappa shape index (κ3) is 3.55. The van der Waals surface area contributed by atoms with Crippen molar-refractivity contribution >= 4 is 27.5 Å². The first-order valence-corrected chi connectivity index (χ1v) is 12.0. The molecule has 0 spiro atoms. The lowest BCUT2D eigenvalue weighted by molar-refractivity contribution is -0.135. The largest absolute Gasteiger partial charge is 0.338 e. The molecule has 6 nitrogen and oxygen atoms in total. The van der Waals surface area contributed by atoms with Gasteiger partial charge in [-0.2, -0.15) is 0 Å². The van der Waals surface area contributed by atoms with Gasteiger partial charge in [-0.3, -0.25) is 18.7 Å². The summed E-state index contributed by atoms with van der Waals surface area (Å²) < 4.78 is 2.88. The summed E-state index contributed by atoms with van der Waals surface area (Å²) >= 11 is 1.52. The molecule has 1 aliphatic carbocycles. The Morgan fingerprint density at radius 1 is 1.06 bits per heavy atom. The van der Waals surface area contributed by atoms with Crippen LogP contribution in [-0.4, -0.2) is 32.5 Å². The number of nitrogens with zero attached hydrogens (tertiary/aromatic N) is 3. The van der Waals surface area contributed by atoms with E-state index in [2.05, 4.69) is 6.92 Å². The van der Waals surface area contributed by atoms with Crippen molar-refractivity contribution in [3.05, 3.63) is 67.2 Å². The lowest BCUT2D eigenvalue weighted by Crippen LogP contribution is -2.47. The molecule has 2 aromatic heterocycles. The molecule has 1 aromatic carbocycles. The van der Waals surface area contributed by atoms with Crippen molar-refractivity contribution in [2.24, 2.45) is 0 Å². The minimum absolute atomic E-state index is 0.00582. The number of likely N-dealkylation sites (tertiary alicyclic amines) is 1. The highest BCUT2D eigenvalue weighted by molar-refractivity contribution is 7.19. The third-order valence-electron chi connectivity index (χ3n) is 6.67. The van der Waals surface area contributed by atoms with Gasteiger partial charge in [0.1, 0.15) is 11.4 Å². The number of amides is 1. The van der Waals surface area contributed by atoms with Gasteiger partial charge in [-0.1, -0.05) is 30.3 Å². The smallest absolute Gasteiger partial charge is 0.332 e. The number of benzene rings is 1. The van der Waals surface area contributed by atoms with Crippen LogP contribution < -0.4 is 11.2 Å². The second-order valence-corrected chi connectivity index (χ2v) is 9.80. The molecule has 7 heteroatoms. The van der Waals surface area contributed by atoms with Gasteiger partial charge in [0.25, 0.3) is 5.56 Å². The van der Waals surface area contributed by atoms with Crippen LogP contribution in [0.3, 0.4) is 0 Å². The van der Waals surface area contributed by atoms with E-state index < -0.39 is 0 Å². The van der Waals surface area contributed by atoms with Crippen LogP contribution in [0.1, 0.15) is 48.6 Å². The summed E-state index contributed by atoms with van der Waals surface area (Å²) in [5.41, 5.74) is 1.37. The van der Waals surface area contributed by atoms with E-state index in [1.165, 1.54) is 20.8 Å². The molecule has 162 valence electrons. The number of hydrogen-bond acceptors (Lipinski definition) is 4. The second kappa shape index (κ2) is 8.11. The molecule has 1 atom stereocenters. The van der Waals surface area contributed by atoms with Crippen molar-refractivity contribution in [3.8, 4) is 0 Å². The topological polar surface area (TPSA) is 64.3 Å². The fourth-order valence-electron chi connectivity index (χ4n) is 4.99. The Morgan fingerprint density at radius 2 is 1.87 bits per heavy atom. The number of rotatable bonds is 4. The molecular formula is C24H27N3O3S. The first kappa shape index (κ1) is 20.2. The summed E-state index contributed by atoms with van der Waals surface area (Å²) in [4.78, 5) is 43.9. The SMILES string of the molecule is C[C@@H]1CCCCN1C(=O)Cn1c(=O)n(Cc2ccccc2)c(=O)c2c3c(sc21)CCC3. The first-order chi connectivity index (χ1) is 15.0. The Morgan fingerprint density at radius 3 is 2.65 bits per heavy atom. The van der Waals surface area contributed by atoms with Gasteiger partial charge in [0, 0.05) is 17.5 Å². The minimum atomic E-state index is -0.390. The number of aromatic nitrogens is 2. The predicted molar refractivity (Wildman–Crippen MR) is 123 cm³/mol. The van der Waals surface area contributed by atoms with Gasteiger partial charge in [-0.15, -0.1) is 11.3 Å². The molecule has 1 fully saturated rings. The lowest BCUT2D eigenvalue weighted by atomic mass is 10.0. The highest BCUT2D eigenvalue weighted by atomic mass is 32.1. The van der Waals surface area contributed by atoms with Crippen molar-refractivity contribution in [2.75, 3.05) is 6.54 Å². The molecule has 31 heavy (non-hydrogen) atoms. The van der Waals surface area contributed by atoms with Gasteiger partial charge in [0.15, 0.2) is 0 Å². The van der Waals surface area contributed by atoms with E-state index in [-0.39, 0.29) is 36.3 Å². The molecule has 5 rings (SSSR count). The summed E-state index contributed by atoms with van der Waals surface area (Å²) in [5.74, 6) is -0.0333. The fraction of sp³-hybridized carbons (Fsp3) is 0.458. The normalized spacial score (nSPS) is 18.5. The Bertz CT molecular complexity index is 1260. The second-order valence-electron chi connectivity index (χ2n) is 8.72. The molecule has 0 radical (unpaired) electrons. The first-order valence-electron chi connectivity index (χ1n) is 11.2. The Hall–Kier alpha value is -2.67. The van der Waals surface area contributed by atoms with Crippen LogP contribution >= 0.6 is 11.3 Å². The van der Waals surface area contributed by atoms with Crippen LogP contribution in [0.5, 0.6) is 0 Å². The van der Waals surface area contributed by atoms with Gasteiger partial charge >= 0.3 is 5.69 Å². The third-order valence-corrected chi connectivity index (χ3v) is 7.98. The predicted octanol–water partition coefficient (Wildman–Crippen LogP) is 3.16. The van der Waals surface area contributed by atoms with E-state index in [4.69, 9.17) is 0 Å². The maximum atomic E-state index is 13.5. The maximum absolute atomic E-state index is 13.5. The van der Waals surface area contributed by atoms with Crippen LogP contribution in [0, 0.1) is 0 Å². The summed E-state index contributed by atoms with van der Waals surface area (Å²) in [6, 6.07) is 9.74. The van der Waals surface area contributed by atoms with E-state index in [9.17, 15) is 14.4 Å². The number of carbonyl (C=O) groups is 1. The molecule has 0 saturated carbocycles. The van der Waals surface area contributed by atoms with Crippen molar-refractivity contribution in [1.82, 2.24) is 14.0 Å². The van der Waals surface area contributed by atoms with E-state index in [1.54, 1.807) is 4.57 Å². The van der Waals surface area contributed by atoms with Crippen molar-refractivity contribution in [1.29, 1.82) is 0 Å².